The Balaban J connectivity index is 2.34. The quantitative estimate of drug-likeness (QED) is 0.625. The maximum absolute atomic E-state index is 13.5. The van der Waals surface area contributed by atoms with E-state index in [0.717, 1.165) is 6.20 Å². The van der Waals surface area contributed by atoms with Crippen molar-refractivity contribution in [1.29, 1.82) is 0 Å². The molecular weight excluding hydrogens is 388 g/mol. The highest BCUT2D eigenvalue weighted by atomic mass is 32.1. The monoisotopic (exact) mass is 395 g/mol. The van der Waals surface area contributed by atoms with E-state index in [9.17, 15) is 35.9 Å². The van der Waals surface area contributed by atoms with Gasteiger partial charge in [0.05, 0.1) is 23.7 Å². The Hall–Kier alpha value is -2.81. The minimum Gasteiger partial charge on any atom is -0.320 e. The molecule has 0 bridgehead atoms. The summed E-state index contributed by atoms with van der Waals surface area (Å²) in [5.74, 6) is -2.54. The second kappa shape index (κ2) is 7.20. The van der Waals surface area contributed by atoms with Gasteiger partial charge in [-0.05, 0) is 6.07 Å². The van der Waals surface area contributed by atoms with Crippen LogP contribution in [0.25, 0.3) is 4.85 Å². The number of nitrogens with one attached hydrogen (secondary N) is 1. The molecule has 1 amide bonds. The van der Waals surface area contributed by atoms with E-state index in [1.165, 1.54) is 0 Å². The number of halogens is 6. The first-order valence-electron chi connectivity index (χ1n) is 6.61. The van der Waals surface area contributed by atoms with Crippen molar-refractivity contribution < 1.29 is 31.1 Å². The van der Waals surface area contributed by atoms with Crippen molar-refractivity contribution in [1.82, 2.24) is 4.57 Å². The van der Waals surface area contributed by atoms with Gasteiger partial charge in [0.2, 0.25) is 5.69 Å². The molecule has 0 saturated carbocycles. The summed E-state index contributed by atoms with van der Waals surface area (Å²) in [7, 11) is 0. The fourth-order valence-corrected chi connectivity index (χ4v) is 2.78. The second-order valence-corrected chi connectivity index (χ2v) is 5.87. The first-order chi connectivity index (χ1) is 12.0. The van der Waals surface area contributed by atoms with Crippen molar-refractivity contribution in [2.45, 2.75) is 19.1 Å². The third-order valence-electron chi connectivity index (χ3n) is 2.95. The van der Waals surface area contributed by atoms with Crippen molar-refractivity contribution in [3.05, 3.63) is 55.7 Å². The van der Waals surface area contributed by atoms with E-state index >= 15 is 0 Å². The van der Waals surface area contributed by atoms with Gasteiger partial charge in [0, 0.05) is 12.3 Å². The molecule has 1 N–H and O–H groups in total. The second-order valence-electron chi connectivity index (χ2n) is 4.81. The number of alkyl halides is 5. The summed E-state index contributed by atoms with van der Waals surface area (Å²) in [6, 6.07) is 1.26. The zero-order valence-corrected chi connectivity index (χ0v) is 13.2. The van der Waals surface area contributed by atoms with Crippen LogP contribution in [0, 0.1) is 12.4 Å². The molecule has 2 heterocycles. The number of hydrogen-bond acceptors (Lipinski definition) is 3. The van der Waals surface area contributed by atoms with Gasteiger partial charge in [-0.1, -0.05) is 0 Å². The number of amides is 1. The van der Waals surface area contributed by atoms with Gasteiger partial charge in [-0.25, -0.2) is 18.0 Å². The minimum absolute atomic E-state index is 0.00750. The number of anilines is 1. The van der Waals surface area contributed by atoms with Crippen molar-refractivity contribution in [3.63, 3.8) is 0 Å². The molecule has 0 aromatic carbocycles. The van der Waals surface area contributed by atoms with Crippen LogP contribution >= 0.6 is 11.3 Å². The molecule has 0 aliphatic heterocycles. The van der Waals surface area contributed by atoms with Crippen molar-refractivity contribution in [2.75, 3.05) is 5.32 Å². The van der Waals surface area contributed by atoms with Crippen LogP contribution in [0.5, 0.6) is 0 Å². The average molecular weight is 395 g/mol. The number of thiophene rings is 1. The predicted octanol–water partition coefficient (Wildman–Crippen LogP) is 4.14. The van der Waals surface area contributed by atoms with Gasteiger partial charge in [0.15, 0.2) is 5.82 Å². The van der Waals surface area contributed by atoms with Crippen LogP contribution in [0.1, 0.15) is 14.5 Å². The average Bonchev–Trinajstić information content (AvgIpc) is 2.96. The Morgan fingerprint density at radius 3 is 2.50 bits per heavy atom. The normalized spacial score (nSPS) is 11.5. The Kier molecular flexibility index (Phi) is 5.41. The fourth-order valence-electron chi connectivity index (χ4n) is 1.92. The van der Waals surface area contributed by atoms with Gasteiger partial charge in [0.25, 0.3) is 17.9 Å². The van der Waals surface area contributed by atoms with E-state index in [2.05, 4.69) is 4.85 Å². The molecule has 0 unspecified atom stereocenters. The lowest BCUT2D eigenvalue weighted by molar-refractivity contribution is -0.133. The minimum atomic E-state index is -4.83. The zero-order chi connectivity index (χ0) is 19.6. The van der Waals surface area contributed by atoms with E-state index < -0.39 is 57.6 Å². The molecule has 0 saturated heterocycles. The summed E-state index contributed by atoms with van der Waals surface area (Å²) in [4.78, 5) is 24.3. The van der Waals surface area contributed by atoms with E-state index in [4.69, 9.17) is 6.57 Å². The number of aromatic nitrogens is 1. The molecule has 5 nitrogen and oxygen atoms in total. The number of nitrogens with zero attached hydrogens (tertiary/aromatic N) is 2. The largest absolute Gasteiger partial charge is 0.416 e. The lowest BCUT2D eigenvalue weighted by Crippen LogP contribution is -2.26. The molecule has 12 heteroatoms. The molecule has 0 fully saturated rings. The van der Waals surface area contributed by atoms with Crippen LogP contribution in [0.2, 0.25) is 0 Å². The van der Waals surface area contributed by atoms with Gasteiger partial charge in [-0.2, -0.15) is 13.2 Å². The predicted molar refractivity (Wildman–Crippen MR) is 80.2 cm³/mol. The first-order valence-corrected chi connectivity index (χ1v) is 7.42. The zero-order valence-electron chi connectivity index (χ0n) is 12.4. The van der Waals surface area contributed by atoms with Gasteiger partial charge >= 0.3 is 6.18 Å². The number of hydrogen-bond donors (Lipinski definition) is 1. The molecule has 138 valence electrons. The van der Waals surface area contributed by atoms with Crippen molar-refractivity contribution >= 4 is 28.6 Å². The summed E-state index contributed by atoms with van der Waals surface area (Å²) >= 11 is 0.00750. The Bertz CT molecular complexity index is 942. The number of carbonyl (C=O) groups excluding carboxylic acids is 1. The summed E-state index contributed by atoms with van der Waals surface area (Å²) in [5.41, 5.74) is -2.52. The number of carbonyl (C=O) groups is 1. The van der Waals surface area contributed by atoms with Gasteiger partial charge in [-0.3, -0.25) is 9.59 Å². The maximum atomic E-state index is 13.5. The number of pyridine rings is 1. The van der Waals surface area contributed by atoms with E-state index in [0.29, 0.717) is 16.7 Å². The van der Waals surface area contributed by atoms with E-state index in [1.807, 2.05) is 5.32 Å². The molecule has 2 aromatic heterocycles. The van der Waals surface area contributed by atoms with Gasteiger partial charge < -0.3 is 9.88 Å². The Morgan fingerprint density at radius 1 is 1.35 bits per heavy atom. The van der Waals surface area contributed by atoms with Crippen LogP contribution < -0.4 is 10.9 Å². The highest BCUT2D eigenvalue weighted by Gasteiger charge is 2.36. The molecule has 0 aliphatic rings. The maximum Gasteiger partial charge on any atom is 0.416 e. The summed E-state index contributed by atoms with van der Waals surface area (Å²) in [6.45, 7) is 5.60. The number of rotatable bonds is 4. The van der Waals surface area contributed by atoms with E-state index in [-0.39, 0.29) is 11.3 Å². The topological polar surface area (TPSA) is 55.5 Å². The summed E-state index contributed by atoms with van der Waals surface area (Å²) in [6.07, 6.45) is -7.06. The lowest BCUT2D eigenvalue weighted by Gasteiger charge is -2.09. The molecule has 0 radical (unpaired) electrons. The standard InChI is InChI=1S/C14H7F6N3O2S/c1-21-8-3-9(26-11(8)14(18,19)20)12(24)22-6-2-7(15)13(25)23(4-6)5-10(16)17/h2-4,10H,5H2,(H,22,24). The van der Waals surface area contributed by atoms with Crippen LogP contribution in [0.15, 0.2) is 23.1 Å². The molecule has 2 rings (SSSR count). The first kappa shape index (κ1) is 19.5. The van der Waals surface area contributed by atoms with Gasteiger partial charge in [0.1, 0.15) is 4.88 Å². The van der Waals surface area contributed by atoms with Gasteiger partial charge in [-0.15, -0.1) is 11.3 Å². The summed E-state index contributed by atoms with van der Waals surface area (Å²) < 4.78 is 77.0. The van der Waals surface area contributed by atoms with Crippen LogP contribution in [0.4, 0.5) is 37.7 Å². The summed E-state index contributed by atoms with van der Waals surface area (Å²) in [5, 5.41) is 2.01. The lowest BCUT2D eigenvalue weighted by atomic mass is 10.3. The van der Waals surface area contributed by atoms with Crippen molar-refractivity contribution in [3.8, 4) is 0 Å². The van der Waals surface area contributed by atoms with Crippen LogP contribution in [-0.4, -0.2) is 16.9 Å². The molecule has 0 spiro atoms. The van der Waals surface area contributed by atoms with Crippen LogP contribution in [0.3, 0.4) is 0 Å². The smallest absolute Gasteiger partial charge is 0.320 e. The molecule has 0 aliphatic carbocycles. The highest BCUT2D eigenvalue weighted by Crippen LogP contribution is 2.42. The fraction of sp³-hybridized carbons (Fsp3) is 0.214. The Labute approximate surface area is 145 Å². The molecular formula is C14H7F6N3O2S. The molecule has 26 heavy (non-hydrogen) atoms. The third-order valence-corrected chi connectivity index (χ3v) is 4.12. The van der Waals surface area contributed by atoms with Crippen molar-refractivity contribution in [2.24, 2.45) is 0 Å². The third kappa shape index (κ3) is 4.23. The molecule has 0 atom stereocenters. The Morgan fingerprint density at radius 2 is 2.00 bits per heavy atom. The molecule has 2 aromatic rings. The van der Waals surface area contributed by atoms with E-state index in [1.54, 1.807) is 0 Å². The SMILES string of the molecule is [C-]#[N+]c1cc(C(=O)Nc2cc(F)c(=O)n(CC(F)F)c2)sc1C(F)(F)F. The van der Waals surface area contributed by atoms with Crippen LogP contribution in [-0.2, 0) is 12.7 Å². The highest BCUT2D eigenvalue weighted by molar-refractivity contribution is 7.14.